The molecule has 0 aliphatic carbocycles. The Morgan fingerprint density at radius 2 is 1.96 bits per heavy atom. The number of piperidine rings is 1. The number of amides is 2. The average Bonchev–Trinajstić information content (AvgIpc) is 2.99. The molecule has 3 rings (SSSR count). The van der Waals surface area contributed by atoms with Gasteiger partial charge in [0, 0.05) is 33.0 Å². The van der Waals surface area contributed by atoms with Gasteiger partial charge in [-0.3, -0.25) is 4.79 Å². The van der Waals surface area contributed by atoms with Crippen LogP contribution >= 0.6 is 0 Å². The smallest absolute Gasteiger partial charge is 0.410 e. The largest absolute Gasteiger partial charge is 0.492 e. The third-order valence-electron chi connectivity index (χ3n) is 5.33. The van der Waals surface area contributed by atoms with Crippen LogP contribution in [-0.2, 0) is 14.3 Å². The minimum absolute atomic E-state index is 0.0206. The number of hydrogen-bond acceptors (Lipinski definition) is 5. The number of para-hydroxylation sites is 1. The molecule has 1 aromatic carbocycles. The highest BCUT2D eigenvalue weighted by atomic mass is 16.6. The van der Waals surface area contributed by atoms with Crippen LogP contribution in [0.1, 0.15) is 26.2 Å². The number of nitrogens with zero attached hydrogens (tertiary/aromatic N) is 2. The molecule has 0 bridgehead atoms. The first-order chi connectivity index (χ1) is 13.1. The highest BCUT2D eigenvalue weighted by Gasteiger charge is 2.47. The fourth-order valence-electron chi connectivity index (χ4n) is 3.70. The molecule has 2 amide bonds. The summed E-state index contributed by atoms with van der Waals surface area (Å²) in [5, 5.41) is 0. The highest BCUT2D eigenvalue weighted by molar-refractivity contribution is 5.81. The van der Waals surface area contributed by atoms with Crippen LogP contribution in [0.25, 0.3) is 0 Å². The molecule has 0 aromatic heterocycles. The fourth-order valence-corrected chi connectivity index (χ4v) is 3.70. The Labute approximate surface area is 160 Å². The van der Waals surface area contributed by atoms with Crippen LogP contribution in [0.2, 0.25) is 0 Å². The molecule has 7 heteroatoms. The van der Waals surface area contributed by atoms with Crippen molar-refractivity contribution in [3.8, 4) is 5.75 Å². The molecule has 7 nitrogen and oxygen atoms in total. The van der Waals surface area contributed by atoms with Crippen molar-refractivity contribution < 1.29 is 23.8 Å². The summed E-state index contributed by atoms with van der Waals surface area (Å²) in [4.78, 5) is 28.2. The molecule has 0 N–H and O–H groups in total. The predicted octanol–water partition coefficient (Wildman–Crippen LogP) is 2.30. The van der Waals surface area contributed by atoms with Gasteiger partial charge in [-0.05, 0) is 18.6 Å². The minimum Gasteiger partial charge on any atom is -0.492 e. The number of hydrogen-bond donors (Lipinski definition) is 0. The van der Waals surface area contributed by atoms with E-state index in [4.69, 9.17) is 14.2 Å². The Morgan fingerprint density at radius 3 is 2.59 bits per heavy atom. The molecular formula is C20H28N2O5. The van der Waals surface area contributed by atoms with Crippen molar-refractivity contribution >= 4 is 12.0 Å². The van der Waals surface area contributed by atoms with Crippen molar-refractivity contribution in [3.05, 3.63) is 30.3 Å². The molecule has 1 aromatic rings. The number of benzene rings is 1. The van der Waals surface area contributed by atoms with Crippen LogP contribution in [-0.4, -0.2) is 73.4 Å². The standard InChI is InChI=1S/C20H28N2O5/c1-3-17(25-2)18(23)21-11-9-20(10-12-21)15-22(19(24)27-20)13-14-26-16-7-5-4-6-8-16/h4-8,17H,3,9-15H2,1-2H3/t17-/m1/s1. The lowest BCUT2D eigenvalue weighted by atomic mass is 9.91. The minimum atomic E-state index is -0.491. The lowest BCUT2D eigenvalue weighted by molar-refractivity contribution is -0.145. The Balaban J connectivity index is 1.48. The first kappa shape index (κ1) is 19.5. The normalized spacial score (nSPS) is 19.9. The van der Waals surface area contributed by atoms with Crippen LogP contribution in [0, 0.1) is 0 Å². The zero-order chi connectivity index (χ0) is 19.3. The molecule has 0 saturated carbocycles. The van der Waals surface area contributed by atoms with Crippen LogP contribution in [0.15, 0.2) is 30.3 Å². The number of carbonyl (C=O) groups is 2. The summed E-state index contributed by atoms with van der Waals surface area (Å²) in [5.41, 5.74) is -0.491. The Kier molecular flexibility index (Phi) is 6.21. The van der Waals surface area contributed by atoms with Gasteiger partial charge in [0.25, 0.3) is 5.91 Å². The van der Waals surface area contributed by atoms with Crippen molar-refractivity contribution in [3.63, 3.8) is 0 Å². The van der Waals surface area contributed by atoms with E-state index in [1.165, 1.54) is 0 Å². The average molecular weight is 376 g/mol. The fraction of sp³-hybridized carbons (Fsp3) is 0.600. The van der Waals surface area contributed by atoms with Crippen molar-refractivity contribution in [2.75, 3.05) is 39.9 Å². The van der Waals surface area contributed by atoms with Crippen molar-refractivity contribution in [1.29, 1.82) is 0 Å². The van der Waals surface area contributed by atoms with Gasteiger partial charge in [0.15, 0.2) is 0 Å². The maximum atomic E-state index is 12.4. The Hall–Kier alpha value is -2.28. The second-order valence-corrected chi connectivity index (χ2v) is 7.09. The van der Waals surface area contributed by atoms with E-state index in [0.717, 1.165) is 5.75 Å². The third kappa shape index (κ3) is 4.53. The summed E-state index contributed by atoms with van der Waals surface area (Å²) in [5.74, 6) is 0.808. The summed E-state index contributed by atoms with van der Waals surface area (Å²) in [6, 6.07) is 9.54. The Bertz CT molecular complexity index is 639. The first-order valence-corrected chi connectivity index (χ1v) is 9.54. The molecule has 1 atom stereocenters. The van der Waals surface area contributed by atoms with Gasteiger partial charge in [0.05, 0.1) is 13.1 Å². The molecule has 2 saturated heterocycles. The second-order valence-electron chi connectivity index (χ2n) is 7.09. The van der Waals surface area contributed by atoms with Crippen molar-refractivity contribution in [1.82, 2.24) is 9.80 Å². The third-order valence-corrected chi connectivity index (χ3v) is 5.33. The van der Waals surface area contributed by atoms with Gasteiger partial charge in [0.1, 0.15) is 24.1 Å². The lowest BCUT2D eigenvalue weighted by Crippen LogP contribution is -2.51. The number of ether oxygens (including phenoxy) is 3. The molecule has 0 radical (unpaired) electrons. The lowest BCUT2D eigenvalue weighted by Gasteiger charge is -2.38. The van der Waals surface area contributed by atoms with Crippen molar-refractivity contribution in [2.45, 2.75) is 37.9 Å². The van der Waals surface area contributed by atoms with Gasteiger partial charge in [0.2, 0.25) is 0 Å². The molecule has 1 spiro atoms. The van der Waals surface area contributed by atoms with Gasteiger partial charge in [-0.25, -0.2) is 4.79 Å². The van der Waals surface area contributed by atoms with E-state index < -0.39 is 11.7 Å². The number of rotatable bonds is 7. The second kappa shape index (κ2) is 8.61. The van der Waals surface area contributed by atoms with Crippen LogP contribution in [0.5, 0.6) is 5.75 Å². The van der Waals surface area contributed by atoms with Gasteiger partial charge in [-0.2, -0.15) is 0 Å². The molecule has 148 valence electrons. The molecule has 2 fully saturated rings. The van der Waals surface area contributed by atoms with E-state index in [0.29, 0.717) is 52.0 Å². The van der Waals surface area contributed by atoms with E-state index in [9.17, 15) is 9.59 Å². The topological polar surface area (TPSA) is 68.3 Å². The summed E-state index contributed by atoms with van der Waals surface area (Å²) >= 11 is 0. The maximum Gasteiger partial charge on any atom is 0.410 e. The SMILES string of the molecule is CC[C@@H](OC)C(=O)N1CCC2(CC1)CN(CCOc1ccccc1)C(=O)O2. The zero-order valence-electron chi connectivity index (χ0n) is 16.1. The van der Waals surface area contributed by atoms with E-state index in [-0.39, 0.29) is 12.0 Å². The molecule has 2 heterocycles. The van der Waals surface area contributed by atoms with Gasteiger partial charge >= 0.3 is 6.09 Å². The molecular weight excluding hydrogens is 348 g/mol. The molecule has 27 heavy (non-hydrogen) atoms. The van der Waals surface area contributed by atoms with E-state index in [1.807, 2.05) is 42.2 Å². The highest BCUT2D eigenvalue weighted by Crippen LogP contribution is 2.33. The Morgan fingerprint density at radius 1 is 1.26 bits per heavy atom. The van der Waals surface area contributed by atoms with E-state index >= 15 is 0 Å². The predicted molar refractivity (Wildman–Crippen MR) is 99.6 cm³/mol. The number of methoxy groups -OCH3 is 1. The van der Waals surface area contributed by atoms with Gasteiger partial charge < -0.3 is 24.0 Å². The molecule has 2 aliphatic heterocycles. The van der Waals surface area contributed by atoms with Crippen LogP contribution in [0.3, 0.4) is 0 Å². The zero-order valence-corrected chi connectivity index (χ0v) is 16.1. The summed E-state index contributed by atoms with van der Waals surface area (Å²) in [6.45, 7) is 4.56. The quantitative estimate of drug-likeness (QED) is 0.730. The summed E-state index contributed by atoms with van der Waals surface area (Å²) < 4.78 is 16.6. The number of carbonyl (C=O) groups excluding carboxylic acids is 2. The van der Waals surface area contributed by atoms with Crippen LogP contribution in [0.4, 0.5) is 4.79 Å². The molecule has 0 unspecified atom stereocenters. The number of likely N-dealkylation sites (tertiary alicyclic amines) is 1. The van der Waals surface area contributed by atoms with Gasteiger partial charge in [-0.15, -0.1) is 0 Å². The van der Waals surface area contributed by atoms with Gasteiger partial charge in [-0.1, -0.05) is 25.1 Å². The first-order valence-electron chi connectivity index (χ1n) is 9.54. The van der Waals surface area contributed by atoms with Crippen LogP contribution < -0.4 is 4.74 Å². The maximum absolute atomic E-state index is 12.4. The molecule has 2 aliphatic rings. The summed E-state index contributed by atoms with van der Waals surface area (Å²) in [6.07, 6.45) is 1.27. The van der Waals surface area contributed by atoms with E-state index in [2.05, 4.69) is 0 Å². The summed E-state index contributed by atoms with van der Waals surface area (Å²) in [7, 11) is 1.56. The van der Waals surface area contributed by atoms with E-state index in [1.54, 1.807) is 12.0 Å². The van der Waals surface area contributed by atoms with Crippen molar-refractivity contribution in [2.24, 2.45) is 0 Å². The monoisotopic (exact) mass is 376 g/mol.